The fourth-order valence-corrected chi connectivity index (χ4v) is 2.43. The second kappa shape index (κ2) is 8.12. The Hall–Kier alpha value is -1.14. The molecule has 0 aromatic heterocycles. The standard InChI is InChI=1S/C13H26N4O2/c1-10-3-6-17(12(7-10)8-14)9-13(19)16-5-4-15-11(2)18/h10,12H,3-9,14H2,1-2H3,(H,15,18)(H,16,19). The van der Waals surface area contributed by atoms with Crippen LogP contribution >= 0.6 is 0 Å². The summed E-state index contributed by atoms with van der Waals surface area (Å²) in [6.45, 7) is 6.56. The SMILES string of the molecule is CC(=O)NCCNC(=O)CN1CCC(C)CC1CN. The van der Waals surface area contributed by atoms with E-state index in [2.05, 4.69) is 22.5 Å². The van der Waals surface area contributed by atoms with Gasteiger partial charge in [-0.3, -0.25) is 14.5 Å². The third kappa shape index (κ3) is 6.02. The van der Waals surface area contributed by atoms with E-state index < -0.39 is 0 Å². The lowest BCUT2D eigenvalue weighted by atomic mass is 9.92. The van der Waals surface area contributed by atoms with Gasteiger partial charge in [0, 0.05) is 32.6 Å². The van der Waals surface area contributed by atoms with Crippen LogP contribution in [0.3, 0.4) is 0 Å². The molecule has 1 aliphatic rings. The van der Waals surface area contributed by atoms with Crippen molar-refractivity contribution in [1.82, 2.24) is 15.5 Å². The minimum atomic E-state index is -0.0811. The highest BCUT2D eigenvalue weighted by molar-refractivity contribution is 5.78. The second-order valence-corrected chi connectivity index (χ2v) is 5.32. The largest absolute Gasteiger partial charge is 0.355 e. The lowest BCUT2D eigenvalue weighted by molar-refractivity contribution is -0.123. The molecule has 19 heavy (non-hydrogen) atoms. The predicted octanol–water partition coefficient (Wildman–Crippen LogP) is -0.702. The first-order valence-electron chi connectivity index (χ1n) is 6.98. The Labute approximate surface area is 115 Å². The Morgan fingerprint density at radius 2 is 2.00 bits per heavy atom. The number of carbonyl (C=O) groups is 2. The van der Waals surface area contributed by atoms with E-state index in [1.807, 2.05) is 0 Å². The lowest BCUT2D eigenvalue weighted by Crippen LogP contribution is -2.50. The monoisotopic (exact) mass is 270 g/mol. The summed E-state index contributed by atoms with van der Waals surface area (Å²) in [6, 6.07) is 0.310. The molecule has 0 aliphatic carbocycles. The molecular weight excluding hydrogens is 244 g/mol. The number of carbonyl (C=O) groups excluding carboxylic acids is 2. The number of hydrogen-bond donors (Lipinski definition) is 3. The van der Waals surface area contributed by atoms with Crippen molar-refractivity contribution >= 4 is 11.8 Å². The molecule has 0 spiro atoms. The number of nitrogens with zero attached hydrogens (tertiary/aromatic N) is 1. The van der Waals surface area contributed by atoms with Crippen LogP contribution in [-0.4, -0.2) is 55.5 Å². The van der Waals surface area contributed by atoms with Crippen molar-refractivity contribution in [3.8, 4) is 0 Å². The Morgan fingerprint density at radius 3 is 2.63 bits per heavy atom. The normalized spacial score (nSPS) is 23.9. The van der Waals surface area contributed by atoms with Gasteiger partial charge in [-0.2, -0.15) is 0 Å². The van der Waals surface area contributed by atoms with Gasteiger partial charge in [0.05, 0.1) is 6.54 Å². The van der Waals surface area contributed by atoms with Crippen molar-refractivity contribution in [2.24, 2.45) is 11.7 Å². The maximum Gasteiger partial charge on any atom is 0.234 e. The van der Waals surface area contributed by atoms with Crippen molar-refractivity contribution in [2.45, 2.75) is 32.7 Å². The minimum Gasteiger partial charge on any atom is -0.355 e. The number of amides is 2. The average molecular weight is 270 g/mol. The average Bonchev–Trinajstić information content (AvgIpc) is 2.36. The molecule has 110 valence electrons. The molecular formula is C13H26N4O2. The van der Waals surface area contributed by atoms with Gasteiger partial charge in [0.1, 0.15) is 0 Å². The van der Waals surface area contributed by atoms with E-state index in [0.717, 1.165) is 19.4 Å². The van der Waals surface area contributed by atoms with Gasteiger partial charge in [-0.15, -0.1) is 0 Å². The van der Waals surface area contributed by atoms with E-state index in [0.29, 0.717) is 38.1 Å². The first-order chi connectivity index (χ1) is 9.02. The van der Waals surface area contributed by atoms with Gasteiger partial charge in [0.2, 0.25) is 11.8 Å². The van der Waals surface area contributed by atoms with Crippen LogP contribution in [-0.2, 0) is 9.59 Å². The number of likely N-dealkylation sites (tertiary alicyclic amines) is 1. The van der Waals surface area contributed by atoms with Crippen molar-refractivity contribution in [3.63, 3.8) is 0 Å². The molecule has 1 saturated heterocycles. The molecule has 6 heteroatoms. The predicted molar refractivity (Wildman–Crippen MR) is 74.5 cm³/mol. The molecule has 1 rings (SSSR count). The zero-order chi connectivity index (χ0) is 14.3. The molecule has 0 aromatic carbocycles. The molecule has 0 saturated carbocycles. The molecule has 6 nitrogen and oxygen atoms in total. The van der Waals surface area contributed by atoms with E-state index in [1.54, 1.807) is 0 Å². The molecule has 0 aromatic rings. The van der Waals surface area contributed by atoms with Crippen molar-refractivity contribution in [1.29, 1.82) is 0 Å². The summed E-state index contributed by atoms with van der Waals surface area (Å²) in [5.74, 6) is 0.605. The smallest absolute Gasteiger partial charge is 0.234 e. The molecule has 0 bridgehead atoms. The van der Waals surface area contributed by atoms with E-state index in [9.17, 15) is 9.59 Å². The highest BCUT2D eigenvalue weighted by Gasteiger charge is 2.26. The van der Waals surface area contributed by atoms with Crippen LogP contribution in [0.1, 0.15) is 26.7 Å². The van der Waals surface area contributed by atoms with Gasteiger partial charge in [-0.05, 0) is 25.3 Å². The number of rotatable bonds is 6. The Bertz CT molecular complexity index is 309. The topological polar surface area (TPSA) is 87.5 Å². The van der Waals surface area contributed by atoms with Gasteiger partial charge in [0.25, 0.3) is 0 Å². The Morgan fingerprint density at radius 1 is 1.32 bits per heavy atom. The van der Waals surface area contributed by atoms with Crippen LogP contribution in [0.15, 0.2) is 0 Å². The van der Waals surface area contributed by atoms with Crippen molar-refractivity contribution in [3.05, 3.63) is 0 Å². The molecule has 2 unspecified atom stereocenters. The molecule has 1 fully saturated rings. The summed E-state index contributed by atoms with van der Waals surface area (Å²) < 4.78 is 0. The van der Waals surface area contributed by atoms with E-state index >= 15 is 0 Å². The molecule has 4 N–H and O–H groups in total. The van der Waals surface area contributed by atoms with Crippen LogP contribution in [0.25, 0.3) is 0 Å². The van der Waals surface area contributed by atoms with Crippen LogP contribution in [0.5, 0.6) is 0 Å². The molecule has 1 heterocycles. The highest BCUT2D eigenvalue weighted by Crippen LogP contribution is 2.21. The molecule has 0 radical (unpaired) electrons. The van der Waals surface area contributed by atoms with Gasteiger partial charge >= 0.3 is 0 Å². The summed E-state index contributed by atoms with van der Waals surface area (Å²) in [5.41, 5.74) is 5.77. The first-order valence-corrected chi connectivity index (χ1v) is 6.98. The van der Waals surface area contributed by atoms with E-state index in [1.165, 1.54) is 6.92 Å². The first kappa shape index (κ1) is 15.9. The fourth-order valence-electron chi connectivity index (χ4n) is 2.43. The zero-order valence-corrected chi connectivity index (χ0v) is 11.9. The van der Waals surface area contributed by atoms with Gasteiger partial charge in [0.15, 0.2) is 0 Å². The third-order valence-electron chi connectivity index (χ3n) is 3.54. The van der Waals surface area contributed by atoms with Crippen molar-refractivity contribution in [2.75, 3.05) is 32.7 Å². The summed E-state index contributed by atoms with van der Waals surface area (Å²) in [6.07, 6.45) is 2.19. The van der Waals surface area contributed by atoms with Gasteiger partial charge in [-0.25, -0.2) is 0 Å². The zero-order valence-electron chi connectivity index (χ0n) is 11.9. The highest BCUT2D eigenvalue weighted by atomic mass is 16.2. The number of nitrogens with one attached hydrogen (secondary N) is 2. The third-order valence-corrected chi connectivity index (χ3v) is 3.54. The number of nitrogens with two attached hydrogens (primary N) is 1. The maximum atomic E-state index is 11.8. The minimum absolute atomic E-state index is 0.00152. The second-order valence-electron chi connectivity index (χ2n) is 5.32. The quantitative estimate of drug-likeness (QED) is 0.557. The van der Waals surface area contributed by atoms with Crippen LogP contribution in [0, 0.1) is 5.92 Å². The van der Waals surface area contributed by atoms with Crippen molar-refractivity contribution < 1.29 is 9.59 Å². The van der Waals surface area contributed by atoms with Crippen LogP contribution in [0.2, 0.25) is 0 Å². The summed E-state index contributed by atoms with van der Waals surface area (Å²) >= 11 is 0. The van der Waals surface area contributed by atoms with Gasteiger partial charge < -0.3 is 16.4 Å². The molecule has 2 amide bonds. The van der Waals surface area contributed by atoms with Gasteiger partial charge in [-0.1, -0.05) is 6.92 Å². The fraction of sp³-hybridized carbons (Fsp3) is 0.846. The number of hydrogen-bond acceptors (Lipinski definition) is 4. The Balaban J connectivity index is 2.25. The number of piperidine rings is 1. The van der Waals surface area contributed by atoms with E-state index in [-0.39, 0.29) is 11.8 Å². The van der Waals surface area contributed by atoms with Crippen LogP contribution < -0.4 is 16.4 Å². The van der Waals surface area contributed by atoms with E-state index in [4.69, 9.17) is 5.73 Å². The summed E-state index contributed by atoms with van der Waals surface area (Å²) in [7, 11) is 0. The Kier molecular flexibility index (Phi) is 6.80. The lowest BCUT2D eigenvalue weighted by Gasteiger charge is -2.37. The molecule has 1 aliphatic heterocycles. The maximum absolute atomic E-state index is 11.8. The summed E-state index contributed by atoms with van der Waals surface area (Å²) in [4.78, 5) is 24.6. The summed E-state index contributed by atoms with van der Waals surface area (Å²) in [5, 5.41) is 5.45. The van der Waals surface area contributed by atoms with Crippen LogP contribution in [0.4, 0.5) is 0 Å². The molecule has 2 atom stereocenters.